The molecule has 1 N–H and O–H groups in total. The molecule has 2 aromatic rings. The van der Waals surface area contributed by atoms with E-state index in [0.717, 1.165) is 12.0 Å². The maximum Gasteiger partial charge on any atom is 0.397 e. The van der Waals surface area contributed by atoms with Crippen LogP contribution >= 0.6 is 11.3 Å². The van der Waals surface area contributed by atoms with Crippen LogP contribution in [0, 0.1) is 0 Å². The second-order valence-corrected chi connectivity index (χ2v) is 6.14. The zero-order chi connectivity index (χ0) is 18.9. The number of nitrogens with one attached hydrogen (secondary N) is 1. The predicted octanol–water partition coefficient (Wildman–Crippen LogP) is 3.27. The highest BCUT2D eigenvalue weighted by molar-refractivity contribution is 7.14. The van der Waals surface area contributed by atoms with E-state index in [4.69, 9.17) is 9.47 Å². The van der Waals surface area contributed by atoms with Gasteiger partial charge in [-0.3, -0.25) is 10.1 Å². The van der Waals surface area contributed by atoms with E-state index in [1.54, 1.807) is 36.6 Å². The summed E-state index contributed by atoms with van der Waals surface area (Å²) in [5.74, 6) is -2.15. The molecule has 1 amide bonds. The van der Waals surface area contributed by atoms with E-state index >= 15 is 0 Å². The molecule has 0 bridgehead atoms. The van der Waals surface area contributed by atoms with E-state index < -0.39 is 11.9 Å². The number of carbonyl (C=O) groups excluding carboxylic acids is 3. The number of amides is 1. The number of carbonyl (C=O) groups is 3. The molecule has 138 valence electrons. The fraction of sp³-hybridized carbons (Fsp3) is 0.333. The molecule has 0 aliphatic rings. The number of anilines is 1. The van der Waals surface area contributed by atoms with Crippen molar-refractivity contribution in [2.24, 2.45) is 0 Å². The maximum absolute atomic E-state index is 11.8. The van der Waals surface area contributed by atoms with E-state index in [0.29, 0.717) is 29.4 Å². The van der Waals surface area contributed by atoms with Crippen LogP contribution in [-0.2, 0) is 19.1 Å². The van der Waals surface area contributed by atoms with Crippen molar-refractivity contribution in [2.45, 2.75) is 26.7 Å². The minimum absolute atomic E-state index is 0.221. The van der Waals surface area contributed by atoms with Gasteiger partial charge in [-0.15, -0.1) is 11.3 Å². The number of hydrogen-bond donors (Lipinski definition) is 1. The van der Waals surface area contributed by atoms with Crippen LogP contribution < -0.4 is 5.32 Å². The molecule has 26 heavy (non-hydrogen) atoms. The molecule has 0 radical (unpaired) electrons. The Bertz CT molecular complexity index is 770. The molecule has 0 spiro atoms. The molecule has 0 aliphatic heterocycles. The van der Waals surface area contributed by atoms with Crippen LogP contribution in [0.25, 0.3) is 11.3 Å². The standard InChI is InChI=1S/C18H20N2O5S/c1-3-5-10-25-17(23)15(21)20-18-19-14(11-26-18)12-6-8-13(9-7-12)16(22)24-4-2/h6-9,11H,3-5,10H2,1-2H3,(H,19,20,21). The quantitative estimate of drug-likeness (QED) is 0.453. The number of aromatic nitrogens is 1. The third-order valence-corrected chi connectivity index (χ3v) is 4.09. The number of unbranched alkanes of at least 4 members (excludes halogenated alkanes) is 1. The van der Waals surface area contributed by atoms with Gasteiger partial charge < -0.3 is 9.47 Å². The van der Waals surface area contributed by atoms with Gasteiger partial charge in [-0.25, -0.2) is 14.6 Å². The Morgan fingerprint density at radius 1 is 1.12 bits per heavy atom. The molecule has 1 aromatic carbocycles. The lowest BCUT2D eigenvalue weighted by molar-refractivity contribution is -0.152. The SMILES string of the molecule is CCCCOC(=O)C(=O)Nc1nc(-c2ccc(C(=O)OCC)cc2)cs1. The summed E-state index contributed by atoms with van der Waals surface area (Å²) in [5.41, 5.74) is 1.86. The number of esters is 2. The van der Waals surface area contributed by atoms with Crippen molar-refractivity contribution in [3.8, 4) is 11.3 Å². The minimum atomic E-state index is -0.922. The van der Waals surface area contributed by atoms with Crippen molar-refractivity contribution in [1.82, 2.24) is 4.98 Å². The average molecular weight is 376 g/mol. The molecule has 0 saturated heterocycles. The molecule has 8 heteroatoms. The van der Waals surface area contributed by atoms with Gasteiger partial charge in [0.15, 0.2) is 5.13 Å². The van der Waals surface area contributed by atoms with E-state index in [2.05, 4.69) is 10.3 Å². The van der Waals surface area contributed by atoms with Crippen molar-refractivity contribution in [1.29, 1.82) is 0 Å². The zero-order valence-corrected chi connectivity index (χ0v) is 15.4. The summed E-state index contributed by atoms with van der Waals surface area (Å²) in [6.07, 6.45) is 1.59. The van der Waals surface area contributed by atoms with Crippen molar-refractivity contribution in [3.63, 3.8) is 0 Å². The number of thiazole rings is 1. The van der Waals surface area contributed by atoms with Crippen LogP contribution in [-0.4, -0.2) is 36.0 Å². The highest BCUT2D eigenvalue weighted by Crippen LogP contribution is 2.25. The van der Waals surface area contributed by atoms with Gasteiger partial charge in [-0.05, 0) is 25.5 Å². The van der Waals surface area contributed by atoms with Gasteiger partial charge in [0.1, 0.15) is 0 Å². The van der Waals surface area contributed by atoms with Gasteiger partial charge in [0, 0.05) is 10.9 Å². The van der Waals surface area contributed by atoms with Gasteiger partial charge >= 0.3 is 17.8 Å². The van der Waals surface area contributed by atoms with Crippen LogP contribution in [0.2, 0.25) is 0 Å². The number of ether oxygens (including phenoxy) is 2. The first kappa shape index (κ1) is 19.6. The molecule has 1 aromatic heterocycles. The monoisotopic (exact) mass is 376 g/mol. The van der Waals surface area contributed by atoms with Gasteiger partial charge in [-0.1, -0.05) is 25.5 Å². The highest BCUT2D eigenvalue weighted by Gasteiger charge is 2.17. The van der Waals surface area contributed by atoms with Crippen molar-refractivity contribution >= 4 is 34.3 Å². The smallest absolute Gasteiger partial charge is 0.397 e. The maximum atomic E-state index is 11.8. The topological polar surface area (TPSA) is 94.6 Å². The third kappa shape index (κ3) is 5.38. The number of rotatable bonds is 7. The van der Waals surface area contributed by atoms with Crippen LogP contribution in [0.3, 0.4) is 0 Å². The summed E-state index contributed by atoms with van der Waals surface area (Å²) >= 11 is 1.19. The summed E-state index contributed by atoms with van der Waals surface area (Å²) in [4.78, 5) is 39.2. The lowest BCUT2D eigenvalue weighted by Gasteiger charge is -2.03. The fourth-order valence-corrected chi connectivity index (χ4v) is 2.69. The van der Waals surface area contributed by atoms with Gasteiger partial charge in [-0.2, -0.15) is 0 Å². The Morgan fingerprint density at radius 2 is 1.85 bits per heavy atom. The summed E-state index contributed by atoms with van der Waals surface area (Å²) in [5, 5.41) is 4.47. The second kappa shape index (κ2) is 9.67. The zero-order valence-electron chi connectivity index (χ0n) is 14.6. The molecule has 2 rings (SSSR count). The molecular weight excluding hydrogens is 356 g/mol. The highest BCUT2D eigenvalue weighted by atomic mass is 32.1. The van der Waals surface area contributed by atoms with Gasteiger partial charge in [0.25, 0.3) is 0 Å². The van der Waals surface area contributed by atoms with E-state index in [1.165, 1.54) is 11.3 Å². The first-order valence-electron chi connectivity index (χ1n) is 8.26. The Kier molecular flexibility index (Phi) is 7.28. The van der Waals surface area contributed by atoms with E-state index in [1.807, 2.05) is 6.92 Å². The molecule has 1 heterocycles. The van der Waals surface area contributed by atoms with Crippen LogP contribution in [0.15, 0.2) is 29.6 Å². The molecular formula is C18H20N2O5S. The predicted molar refractivity (Wildman–Crippen MR) is 98.0 cm³/mol. The first-order chi connectivity index (χ1) is 12.5. The molecule has 7 nitrogen and oxygen atoms in total. The lowest BCUT2D eigenvalue weighted by Crippen LogP contribution is -2.25. The molecule has 0 atom stereocenters. The molecule has 0 fully saturated rings. The van der Waals surface area contributed by atoms with Crippen LogP contribution in [0.5, 0.6) is 0 Å². The second-order valence-electron chi connectivity index (χ2n) is 5.28. The molecule has 0 unspecified atom stereocenters. The summed E-state index contributed by atoms with van der Waals surface area (Å²) in [7, 11) is 0. The Labute approximate surface area is 155 Å². The first-order valence-corrected chi connectivity index (χ1v) is 9.14. The Hall–Kier alpha value is -2.74. The van der Waals surface area contributed by atoms with Gasteiger partial charge in [0.2, 0.25) is 0 Å². The largest absolute Gasteiger partial charge is 0.462 e. The third-order valence-electron chi connectivity index (χ3n) is 3.33. The number of hydrogen-bond acceptors (Lipinski definition) is 7. The van der Waals surface area contributed by atoms with Crippen molar-refractivity contribution < 1.29 is 23.9 Å². The van der Waals surface area contributed by atoms with Gasteiger partial charge in [0.05, 0.1) is 24.5 Å². The fourth-order valence-electron chi connectivity index (χ4n) is 1.98. The molecule has 0 aliphatic carbocycles. The summed E-state index contributed by atoms with van der Waals surface area (Å²) in [6.45, 7) is 4.25. The minimum Gasteiger partial charge on any atom is -0.462 e. The van der Waals surface area contributed by atoms with Crippen molar-refractivity contribution in [3.05, 3.63) is 35.2 Å². The van der Waals surface area contributed by atoms with Crippen LogP contribution in [0.4, 0.5) is 5.13 Å². The lowest BCUT2D eigenvalue weighted by atomic mass is 10.1. The molecule has 0 saturated carbocycles. The number of nitrogens with zero attached hydrogens (tertiary/aromatic N) is 1. The summed E-state index contributed by atoms with van der Waals surface area (Å²) in [6, 6.07) is 6.78. The van der Waals surface area contributed by atoms with E-state index in [9.17, 15) is 14.4 Å². The Morgan fingerprint density at radius 3 is 2.50 bits per heavy atom. The average Bonchev–Trinajstić information content (AvgIpc) is 3.10. The Balaban J connectivity index is 1.97. The van der Waals surface area contributed by atoms with Crippen molar-refractivity contribution in [2.75, 3.05) is 18.5 Å². The van der Waals surface area contributed by atoms with E-state index in [-0.39, 0.29) is 12.6 Å². The summed E-state index contributed by atoms with van der Waals surface area (Å²) < 4.78 is 9.78. The van der Waals surface area contributed by atoms with Crippen LogP contribution in [0.1, 0.15) is 37.0 Å². The number of benzene rings is 1. The normalized spacial score (nSPS) is 10.2.